The van der Waals surface area contributed by atoms with Crippen molar-refractivity contribution in [2.75, 3.05) is 27.2 Å². The molecule has 0 amide bonds. The van der Waals surface area contributed by atoms with Crippen molar-refractivity contribution in [1.29, 1.82) is 0 Å². The fourth-order valence-electron chi connectivity index (χ4n) is 3.20. The molecule has 0 saturated carbocycles. The van der Waals surface area contributed by atoms with E-state index in [1.165, 1.54) is 11.1 Å². The topological polar surface area (TPSA) is 54.9 Å². The molecule has 138 valence electrons. The highest BCUT2D eigenvalue weighted by Crippen LogP contribution is 2.33. The molecule has 1 aliphatic carbocycles. The lowest BCUT2D eigenvalue weighted by molar-refractivity contribution is 0.213. The average molecular weight is 353 g/mol. The maximum atomic E-state index is 5.97. The zero-order valence-corrected chi connectivity index (χ0v) is 15.7. The van der Waals surface area contributed by atoms with Crippen molar-refractivity contribution in [1.82, 2.24) is 10.6 Å². The van der Waals surface area contributed by atoms with Crippen molar-refractivity contribution in [3.8, 4) is 11.5 Å². The molecular weight excluding hydrogens is 326 g/mol. The molecule has 0 bridgehead atoms. The minimum Gasteiger partial charge on any atom is -0.493 e. The molecule has 0 aliphatic heterocycles. The van der Waals surface area contributed by atoms with Crippen molar-refractivity contribution in [3.05, 3.63) is 59.7 Å². The summed E-state index contributed by atoms with van der Waals surface area (Å²) in [6, 6.07) is 16.3. The van der Waals surface area contributed by atoms with Crippen LogP contribution in [0.1, 0.15) is 24.0 Å². The standard InChI is InChI=1S/C21H27N3O2/c1-15(26-20-11-7-6-10-19(20)25-3)13-23-21(22-2)24-14-17-12-16-8-4-5-9-18(16)17/h4-11,15,17H,12-14H2,1-3H3,(H2,22,23,24). The Kier molecular flexibility index (Phi) is 6.00. The molecule has 0 heterocycles. The lowest BCUT2D eigenvalue weighted by Gasteiger charge is -2.30. The summed E-state index contributed by atoms with van der Waals surface area (Å²) in [6.07, 6.45) is 1.11. The molecule has 5 heteroatoms. The van der Waals surface area contributed by atoms with E-state index < -0.39 is 0 Å². The van der Waals surface area contributed by atoms with Crippen LogP contribution >= 0.6 is 0 Å². The Hall–Kier alpha value is -2.69. The van der Waals surface area contributed by atoms with E-state index in [-0.39, 0.29) is 6.10 Å². The summed E-state index contributed by atoms with van der Waals surface area (Å²) in [5.41, 5.74) is 2.91. The smallest absolute Gasteiger partial charge is 0.191 e. The first-order chi connectivity index (χ1) is 12.7. The maximum absolute atomic E-state index is 5.97. The van der Waals surface area contributed by atoms with Gasteiger partial charge in [-0.1, -0.05) is 36.4 Å². The van der Waals surface area contributed by atoms with Crippen LogP contribution in [-0.4, -0.2) is 39.3 Å². The molecule has 1 aliphatic rings. The minimum absolute atomic E-state index is 0.0192. The number of aliphatic imine (C=N–C) groups is 1. The second-order valence-electron chi connectivity index (χ2n) is 6.51. The van der Waals surface area contributed by atoms with Gasteiger partial charge in [-0.15, -0.1) is 0 Å². The molecule has 0 aromatic heterocycles. The first kappa shape index (κ1) is 18.1. The van der Waals surface area contributed by atoms with E-state index >= 15 is 0 Å². The molecule has 0 spiro atoms. The Morgan fingerprint density at radius 3 is 2.58 bits per heavy atom. The Bertz CT molecular complexity index is 760. The maximum Gasteiger partial charge on any atom is 0.191 e. The third-order valence-corrected chi connectivity index (χ3v) is 4.65. The Morgan fingerprint density at radius 2 is 1.85 bits per heavy atom. The van der Waals surface area contributed by atoms with Crippen LogP contribution in [0.15, 0.2) is 53.5 Å². The molecule has 0 fully saturated rings. The van der Waals surface area contributed by atoms with Gasteiger partial charge in [-0.3, -0.25) is 4.99 Å². The predicted molar refractivity (Wildman–Crippen MR) is 105 cm³/mol. The van der Waals surface area contributed by atoms with Crippen LogP contribution in [-0.2, 0) is 6.42 Å². The molecule has 5 nitrogen and oxygen atoms in total. The SMILES string of the molecule is CN=C(NCC(C)Oc1ccccc1OC)NCC1Cc2ccccc21. The lowest BCUT2D eigenvalue weighted by Crippen LogP contribution is -2.44. The molecule has 3 rings (SSSR count). The number of guanidine groups is 1. The first-order valence-electron chi connectivity index (χ1n) is 9.03. The highest BCUT2D eigenvalue weighted by atomic mass is 16.5. The Balaban J connectivity index is 1.44. The van der Waals surface area contributed by atoms with Crippen molar-refractivity contribution in [2.45, 2.75) is 25.4 Å². The quantitative estimate of drug-likeness (QED) is 0.594. The predicted octanol–water partition coefficient (Wildman–Crippen LogP) is 2.97. The fraction of sp³-hybridized carbons (Fsp3) is 0.381. The van der Waals surface area contributed by atoms with E-state index in [0.29, 0.717) is 12.5 Å². The van der Waals surface area contributed by atoms with Gasteiger partial charge in [-0.25, -0.2) is 0 Å². The highest BCUT2D eigenvalue weighted by Gasteiger charge is 2.25. The number of para-hydroxylation sites is 2. The fourth-order valence-corrected chi connectivity index (χ4v) is 3.20. The zero-order valence-electron chi connectivity index (χ0n) is 15.7. The summed E-state index contributed by atoms with van der Waals surface area (Å²) in [5.74, 6) is 2.85. The third kappa shape index (κ3) is 4.28. The van der Waals surface area contributed by atoms with Crippen molar-refractivity contribution in [3.63, 3.8) is 0 Å². The van der Waals surface area contributed by atoms with Crippen LogP contribution in [0, 0.1) is 0 Å². The van der Waals surface area contributed by atoms with E-state index in [9.17, 15) is 0 Å². The second-order valence-corrected chi connectivity index (χ2v) is 6.51. The van der Waals surface area contributed by atoms with Crippen molar-refractivity contribution < 1.29 is 9.47 Å². The summed E-state index contributed by atoms with van der Waals surface area (Å²) in [4.78, 5) is 4.30. The van der Waals surface area contributed by atoms with Crippen molar-refractivity contribution in [2.24, 2.45) is 4.99 Å². The number of methoxy groups -OCH3 is 1. The molecule has 2 unspecified atom stereocenters. The minimum atomic E-state index is -0.0192. The summed E-state index contributed by atoms with van der Waals surface area (Å²) in [6.45, 7) is 3.56. The molecule has 2 aromatic rings. The lowest BCUT2D eigenvalue weighted by atomic mass is 9.78. The summed E-state index contributed by atoms with van der Waals surface area (Å²) < 4.78 is 11.3. The molecule has 0 saturated heterocycles. The summed E-state index contributed by atoms with van der Waals surface area (Å²) in [5, 5.41) is 6.74. The van der Waals surface area contributed by atoms with Gasteiger partial charge in [0, 0.05) is 19.5 Å². The molecular formula is C21H27N3O2. The van der Waals surface area contributed by atoms with Crippen LogP contribution < -0.4 is 20.1 Å². The van der Waals surface area contributed by atoms with Crippen LogP contribution in [0.25, 0.3) is 0 Å². The van der Waals surface area contributed by atoms with E-state index in [4.69, 9.17) is 9.47 Å². The molecule has 2 aromatic carbocycles. The van der Waals surface area contributed by atoms with E-state index in [0.717, 1.165) is 30.4 Å². The molecule has 2 N–H and O–H groups in total. The van der Waals surface area contributed by atoms with Crippen molar-refractivity contribution >= 4 is 5.96 Å². The van der Waals surface area contributed by atoms with Gasteiger partial charge in [0.1, 0.15) is 6.10 Å². The summed E-state index contributed by atoms with van der Waals surface area (Å²) in [7, 11) is 3.44. The van der Waals surface area contributed by atoms with Gasteiger partial charge in [-0.2, -0.15) is 0 Å². The van der Waals surface area contributed by atoms with E-state index in [1.54, 1.807) is 14.2 Å². The number of hydrogen-bond acceptors (Lipinski definition) is 3. The van der Waals surface area contributed by atoms with Crippen LogP contribution in [0.3, 0.4) is 0 Å². The van der Waals surface area contributed by atoms with E-state index in [2.05, 4.69) is 39.9 Å². The first-order valence-corrected chi connectivity index (χ1v) is 9.03. The van der Waals surface area contributed by atoms with E-state index in [1.807, 2.05) is 31.2 Å². The number of fused-ring (bicyclic) bond motifs is 1. The van der Waals surface area contributed by atoms with Gasteiger partial charge < -0.3 is 20.1 Å². The Labute approximate surface area is 155 Å². The van der Waals surface area contributed by atoms with Gasteiger partial charge >= 0.3 is 0 Å². The number of nitrogens with one attached hydrogen (secondary N) is 2. The number of rotatable bonds is 7. The highest BCUT2D eigenvalue weighted by molar-refractivity contribution is 5.79. The molecule has 26 heavy (non-hydrogen) atoms. The summed E-state index contributed by atoms with van der Waals surface area (Å²) >= 11 is 0. The largest absolute Gasteiger partial charge is 0.493 e. The van der Waals surface area contributed by atoms with Gasteiger partial charge in [-0.05, 0) is 36.6 Å². The van der Waals surface area contributed by atoms with Crippen LogP contribution in [0.5, 0.6) is 11.5 Å². The number of nitrogens with zero attached hydrogens (tertiary/aromatic N) is 1. The van der Waals surface area contributed by atoms with Gasteiger partial charge in [0.2, 0.25) is 0 Å². The van der Waals surface area contributed by atoms with Gasteiger partial charge in [0.05, 0.1) is 13.7 Å². The molecule has 0 radical (unpaired) electrons. The number of hydrogen-bond donors (Lipinski definition) is 2. The number of benzene rings is 2. The molecule has 2 atom stereocenters. The number of ether oxygens (including phenoxy) is 2. The van der Waals surface area contributed by atoms with Crippen LogP contribution in [0.4, 0.5) is 0 Å². The third-order valence-electron chi connectivity index (χ3n) is 4.65. The second kappa shape index (κ2) is 8.61. The normalized spacial score (nSPS) is 16.9. The zero-order chi connectivity index (χ0) is 18.4. The van der Waals surface area contributed by atoms with Gasteiger partial charge in [0.15, 0.2) is 17.5 Å². The van der Waals surface area contributed by atoms with Gasteiger partial charge in [0.25, 0.3) is 0 Å². The average Bonchev–Trinajstić information content (AvgIpc) is 2.65. The Morgan fingerprint density at radius 1 is 1.12 bits per heavy atom. The van der Waals surface area contributed by atoms with Crippen LogP contribution in [0.2, 0.25) is 0 Å². The monoisotopic (exact) mass is 353 g/mol.